The highest BCUT2D eigenvalue weighted by Gasteiger charge is 2.29. The third-order valence-corrected chi connectivity index (χ3v) is 8.18. The summed E-state index contributed by atoms with van der Waals surface area (Å²) in [5.41, 5.74) is 6.45. The van der Waals surface area contributed by atoms with Gasteiger partial charge < -0.3 is 10.2 Å². The third kappa shape index (κ3) is 7.63. The molecular weight excluding hydrogens is 558 g/mol. The van der Waals surface area contributed by atoms with E-state index in [0.29, 0.717) is 53.9 Å². The lowest BCUT2D eigenvalue weighted by Gasteiger charge is -2.34. The van der Waals surface area contributed by atoms with Gasteiger partial charge in [-0.15, -0.1) is 6.58 Å². The molecule has 0 aliphatic heterocycles. The van der Waals surface area contributed by atoms with E-state index in [1.807, 2.05) is 25.1 Å². The average molecular weight is 604 g/mol. The second-order valence-corrected chi connectivity index (χ2v) is 11.4. The normalized spacial score (nSPS) is 14.1. The van der Waals surface area contributed by atoms with Gasteiger partial charge in [0.2, 0.25) is 12.8 Å². The van der Waals surface area contributed by atoms with Crippen LogP contribution in [0.2, 0.25) is 5.02 Å². The topological polar surface area (TPSA) is 77.9 Å². The van der Waals surface area contributed by atoms with Crippen LogP contribution in [0.15, 0.2) is 59.6 Å². The fourth-order valence-corrected chi connectivity index (χ4v) is 5.97. The lowest BCUT2D eigenvalue weighted by Crippen LogP contribution is -2.45. The van der Waals surface area contributed by atoms with Gasteiger partial charge in [0.15, 0.2) is 5.82 Å². The number of benzene rings is 1. The Morgan fingerprint density at radius 3 is 2.37 bits per heavy atom. The molecule has 0 spiro atoms. The minimum atomic E-state index is -0.106. The zero-order chi connectivity index (χ0) is 31.5. The van der Waals surface area contributed by atoms with Crippen molar-refractivity contribution in [3.63, 3.8) is 0 Å². The molecule has 3 rings (SSSR count). The molecule has 1 heterocycles. The molecule has 1 aromatic heterocycles. The van der Waals surface area contributed by atoms with E-state index in [9.17, 15) is 9.59 Å². The van der Waals surface area contributed by atoms with E-state index >= 15 is 0 Å². The Balaban J connectivity index is 2.39. The van der Waals surface area contributed by atoms with Gasteiger partial charge in [-0.25, -0.2) is 4.98 Å². The van der Waals surface area contributed by atoms with E-state index in [-0.39, 0.29) is 12.0 Å². The maximum atomic E-state index is 13.2. The van der Waals surface area contributed by atoms with Crippen molar-refractivity contribution in [2.75, 3.05) is 25.0 Å². The molecule has 0 radical (unpaired) electrons. The molecule has 1 N–H and O–H groups in total. The van der Waals surface area contributed by atoms with Gasteiger partial charge in [0.05, 0.1) is 22.0 Å². The quantitative estimate of drug-likeness (QED) is 0.100. The number of amides is 2. The van der Waals surface area contributed by atoms with Crippen LogP contribution in [0.1, 0.15) is 76.3 Å². The second kappa shape index (κ2) is 16.2. The van der Waals surface area contributed by atoms with Crippen LogP contribution in [0.4, 0.5) is 11.5 Å². The molecule has 1 aliphatic carbocycles. The Hall–Kier alpha value is -3.71. The molecular formula is C35H46ClN5O2. The lowest BCUT2D eigenvalue weighted by molar-refractivity contribution is -0.109. The zero-order valence-electron chi connectivity index (χ0n) is 26.5. The first-order valence-corrected chi connectivity index (χ1v) is 15.6. The largest absolute Gasteiger partial charge is 0.357 e. The van der Waals surface area contributed by atoms with Crippen LogP contribution in [-0.4, -0.2) is 54.7 Å². The number of aryl methyl sites for hydroxylation is 2. The Kier molecular flexibility index (Phi) is 12.7. The first kappa shape index (κ1) is 33.8. The fourth-order valence-electron chi connectivity index (χ4n) is 5.72. The van der Waals surface area contributed by atoms with E-state index in [0.717, 1.165) is 54.5 Å². The lowest BCUT2D eigenvalue weighted by atomic mass is 9.87. The van der Waals surface area contributed by atoms with Gasteiger partial charge >= 0.3 is 0 Å². The number of aromatic nitrogens is 1. The van der Waals surface area contributed by atoms with Gasteiger partial charge in [-0.2, -0.15) is 0 Å². The van der Waals surface area contributed by atoms with E-state index in [1.54, 1.807) is 11.9 Å². The Morgan fingerprint density at radius 1 is 1.14 bits per heavy atom. The highest BCUT2D eigenvalue weighted by atomic mass is 35.5. The molecule has 1 aliphatic rings. The molecule has 0 bridgehead atoms. The number of allylic oxidation sites excluding steroid dienone is 4. The van der Waals surface area contributed by atoms with Gasteiger partial charge in [0.1, 0.15) is 5.84 Å². The summed E-state index contributed by atoms with van der Waals surface area (Å²) < 4.78 is 0. The number of anilines is 2. The summed E-state index contributed by atoms with van der Waals surface area (Å²) in [5, 5.41) is 3.29. The summed E-state index contributed by atoms with van der Waals surface area (Å²) in [4.78, 5) is 38.1. The van der Waals surface area contributed by atoms with Crippen LogP contribution < -0.4 is 10.2 Å². The van der Waals surface area contributed by atoms with Crippen LogP contribution in [0.3, 0.4) is 0 Å². The number of amidine groups is 1. The van der Waals surface area contributed by atoms with Crippen molar-refractivity contribution in [2.45, 2.75) is 72.8 Å². The molecule has 1 aromatic carbocycles. The van der Waals surface area contributed by atoms with Gasteiger partial charge in [0.25, 0.3) is 0 Å². The number of nitrogens with zero attached hydrogens (tertiary/aromatic N) is 4. The Bertz CT molecular complexity index is 1370. The first-order chi connectivity index (χ1) is 20.8. The predicted octanol–water partition coefficient (Wildman–Crippen LogP) is 7.30. The maximum absolute atomic E-state index is 13.2. The smallest absolute Gasteiger partial charge is 0.219 e. The summed E-state index contributed by atoms with van der Waals surface area (Å²) in [7, 11) is 1.73. The number of nitrogens with one attached hydrogen (secondary N) is 1. The molecule has 1 unspecified atom stereocenters. The summed E-state index contributed by atoms with van der Waals surface area (Å²) in [5.74, 6) is 1.39. The minimum absolute atomic E-state index is 0.106. The zero-order valence-corrected chi connectivity index (χ0v) is 27.2. The molecule has 0 saturated heterocycles. The van der Waals surface area contributed by atoms with E-state index < -0.39 is 0 Å². The fraction of sp³-hybridized carbons (Fsp3) is 0.429. The molecule has 0 saturated carbocycles. The first-order valence-electron chi connectivity index (χ1n) is 15.3. The van der Waals surface area contributed by atoms with Crippen molar-refractivity contribution in [1.82, 2.24) is 15.2 Å². The van der Waals surface area contributed by atoms with Gasteiger partial charge in [0, 0.05) is 31.8 Å². The van der Waals surface area contributed by atoms with Crippen molar-refractivity contribution >= 4 is 47.3 Å². The number of carbonyl (C=O) groups excluding carboxylic acids is 2. The molecule has 43 heavy (non-hydrogen) atoms. The van der Waals surface area contributed by atoms with Crippen LogP contribution in [-0.2, 0) is 22.4 Å². The highest BCUT2D eigenvalue weighted by molar-refractivity contribution is 6.33. The summed E-state index contributed by atoms with van der Waals surface area (Å²) in [6.07, 6.45) is 11.9. The number of rotatable bonds is 15. The Labute approximate surface area is 262 Å². The summed E-state index contributed by atoms with van der Waals surface area (Å²) in [6.45, 7) is 15.5. The number of hydrogen-bond acceptors (Lipinski definition) is 4. The number of halogens is 1. The van der Waals surface area contributed by atoms with Gasteiger partial charge in [-0.1, -0.05) is 75.7 Å². The Morgan fingerprint density at radius 2 is 1.81 bits per heavy atom. The van der Waals surface area contributed by atoms with Crippen molar-refractivity contribution in [3.8, 4) is 0 Å². The monoisotopic (exact) mass is 603 g/mol. The van der Waals surface area contributed by atoms with E-state index in [4.69, 9.17) is 21.6 Å². The number of pyridine rings is 1. The van der Waals surface area contributed by atoms with Crippen LogP contribution >= 0.6 is 11.6 Å². The van der Waals surface area contributed by atoms with Crippen molar-refractivity contribution in [3.05, 3.63) is 82.1 Å². The van der Waals surface area contributed by atoms with Gasteiger partial charge in [-0.3, -0.25) is 19.5 Å². The van der Waals surface area contributed by atoms with Crippen molar-refractivity contribution in [1.29, 1.82) is 0 Å². The molecule has 1 atom stereocenters. The molecule has 7 nitrogen and oxygen atoms in total. The highest BCUT2D eigenvalue weighted by Crippen LogP contribution is 2.40. The van der Waals surface area contributed by atoms with Crippen molar-refractivity contribution in [2.24, 2.45) is 10.9 Å². The third-order valence-electron chi connectivity index (χ3n) is 7.89. The standard InChI is InChI=1S/C35H46ClN5O2/c1-8-11-19-40(25(6)21-38-22-42)34(37-7)30-20-31(36)32(29-18-13-12-17-28(29)24(4)5)39-35(30)41(23-43)33-26(9-2)15-14-16-27(33)10-3/h8,14-18,20,22-25H,1,9-13,19,21H2,2-7H3,(H,38,42)/b37-34+. The number of carbonyl (C=O) groups is 2. The molecule has 230 valence electrons. The van der Waals surface area contributed by atoms with Crippen LogP contribution in [0, 0.1) is 5.92 Å². The maximum Gasteiger partial charge on any atom is 0.219 e. The second-order valence-electron chi connectivity index (χ2n) is 11.0. The molecule has 8 heteroatoms. The summed E-state index contributed by atoms with van der Waals surface area (Å²) >= 11 is 7.10. The molecule has 2 aromatic rings. The summed E-state index contributed by atoms with van der Waals surface area (Å²) in [6, 6.07) is 7.94. The SMILES string of the molecule is C=CCCN(/C(=N/C)c1cc(Cl)c(C2=CCCC=C2C(C)C)nc1N(C=O)c1c(CC)cccc1CC)C(C)CNC=O. The van der Waals surface area contributed by atoms with Gasteiger partial charge in [-0.05, 0) is 67.7 Å². The number of aliphatic imine (C=N–C) groups is 1. The minimum Gasteiger partial charge on any atom is -0.357 e. The number of hydrogen-bond donors (Lipinski definition) is 1. The van der Waals surface area contributed by atoms with Crippen LogP contribution in [0.25, 0.3) is 5.57 Å². The van der Waals surface area contributed by atoms with Crippen LogP contribution in [0.5, 0.6) is 0 Å². The average Bonchev–Trinajstić information content (AvgIpc) is 3.02. The molecule has 2 amide bonds. The van der Waals surface area contributed by atoms with Crippen molar-refractivity contribution < 1.29 is 9.59 Å². The molecule has 0 fully saturated rings. The predicted molar refractivity (Wildman–Crippen MR) is 180 cm³/mol. The van der Waals surface area contributed by atoms with E-state index in [1.165, 1.54) is 5.57 Å². The van der Waals surface area contributed by atoms with E-state index in [2.05, 4.69) is 68.8 Å². The number of para-hydroxylation sites is 1.